The lowest BCUT2D eigenvalue weighted by atomic mass is 10.1. The Bertz CT molecular complexity index is 1190. The van der Waals surface area contributed by atoms with E-state index in [1.54, 1.807) is 18.2 Å². The highest BCUT2D eigenvalue weighted by molar-refractivity contribution is 6.31. The minimum Gasteiger partial charge on any atom is -0.507 e. The SMILES string of the molecule is O=C(Nc1cccc(Nc2nc(N3CCCCC3)nc(N3CCCCC3)n2)c1)c1ccc(Cl)cc1O. The molecule has 1 amide bonds. The third kappa shape index (κ3) is 5.79. The highest BCUT2D eigenvalue weighted by Gasteiger charge is 2.20. The van der Waals surface area contributed by atoms with Crippen LogP contribution in [0.15, 0.2) is 42.5 Å². The average molecular weight is 508 g/mol. The molecular formula is C26H30ClN7O2. The van der Waals surface area contributed by atoms with Gasteiger partial charge in [0.05, 0.1) is 5.56 Å². The number of amides is 1. The van der Waals surface area contributed by atoms with Crippen molar-refractivity contribution in [2.45, 2.75) is 38.5 Å². The first-order valence-electron chi connectivity index (χ1n) is 12.5. The van der Waals surface area contributed by atoms with Crippen LogP contribution in [0.4, 0.5) is 29.2 Å². The average Bonchev–Trinajstić information content (AvgIpc) is 2.89. The van der Waals surface area contributed by atoms with Gasteiger partial charge in [-0.2, -0.15) is 15.0 Å². The van der Waals surface area contributed by atoms with E-state index in [4.69, 9.17) is 26.6 Å². The number of carbonyl (C=O) groups is 1. The van der Waals surface area contributed by atoms with Crippen molar-refractivity contribution in [3.05, 3.63) is 53.1 Å². The molecule has 10 heteroatoms. The smallest absolute Gasteiger partial charge is 0.259 e. The van der Waals surface area contributed by atoms with Crippen LogP contribution in [-0.2, 0) is 0 Å². The summed E-state index contributed by atoms with van der Waals surface area (Å²) < 4.78 is 0. The van der Waals surface area contributed by atoms with Crippen LogP contribution in [0.3, 0.4) is 0 Å². The van der Waals surface area contributed by atoms with Crippen molar-refractivity contribution < 1.29 is 9.90 Å². The van der Waals surface area contributed by atoms with Crippen molar-refractivity contribution in [1.29, 1.82) is 0 Å². The quantitative estimate of drug-likeness (QED) is 0.417. The van der Waals surface area contributed by atoms with E-state index in [1.165, 1.54) is 25.0 Å². The molecule has 9 nitrogen and oxygen atoms in total. The Morgan fingerprint density at radius 3 is 2.03 bits per heavy atom. The first kappa shape index (κ1) is 24.1. The molecule has 36 heavy (non-hydrogen) atoms. The molecule has 0 unspecified atom stereocenters. The third-order valence-corrected chi connectivity index (χ3v) is 6.71. The van der Waals surface area contributed by atoms with Gasteiger partial charge >= 0.3 is 0 Å². The Kier molecular flexibility index (Phi) is 7.36. The number of nitrogens with one attached hydrogen (secondary N) is 2. The molecular weight excluding hydrogens is 478 g/mol. The van der Waals surface area contributed by atoms with Crippen LogP contribution in [0, 0.1) is 0 Å². The standard InChI is InChI=1S/C26H30ClN7O2/c27-18-10-11-21(22(35)16-18)23(36)28-19-8-7-9-20(17-19)29-24-30-25(33-12-3-1-4-13-33)32-26(31-24)34-14-5-2-6-15-34/h7-11,16-17,35H,1-6,12-15H2,(H,28,36)(H,29,30,31,32). The van der Waals surface area contributed by atoms with Gasteiger partial charge in [-0.3, -0.25) is 4.79 Å². The molecule has 1 aromatic heterocycles. The molecule has 0 aliphatic carbocycles. The van der Waals surface area contributed by atoms with Gasteiger partial charge in [-0.25, -0.2) is 0 Å². The highest BCUT2D eigenvalue weighted by Crippen LogP contribution is 2.26. The summed E-state index contributed by atoms with van der Waals surface area (Å²) in [5.41, 5.74) is 1.45. The van der Waals surface area contributed by atoms with Crippen molar-refractivity contribution in [3.63, 3.8) is 0 Å². The Morgan fingerprint density at radius 2 is 1.42 bits per heavy atom. The van der Waals surface area contributed by atoms with Gasteiger partial charge in [-0.15, -0.1) is 0 Å². The molecule has 2 aliphatic rings. The summed E-state index contributed by atoms with van der Waals surface area (Å²) in [5, 5.41) is 16.6. The zero-order valence-electron chi connectivity index (χ0n) is 20.1. The molecule has 0 bridgehead atoms. The molecule has 0 saturated carbocycles. The van der Waals surface area contributed by atoms with E-state index in [0.717, 1.165) is 57.5 Å². The second-order valence-electron chi connectivity index (χ2n) is 9.18. The molecule has 0 atom stereocenters. The fourth-order valence-corrected chi connectivity index (χ4v) is 4.75. The van der Waals surface area contributed by atoms with Gasteiger partial charge in [0.1, 0.15) is 5.75 Å². The van der Waals surface area contributed by atoms with E-state index in [1.807, 2.05) is 12.1 Å². The maximum Gasteiger partial charge on any atom is 0.259 e. The molecule has 2 aliphatic heterocycles. The number of rotatable bonds is 6. The van der Waals surface area contributed by atoms with Crippen molar-refractivity contribution in [2.75, 3.05) is 46.6 Å². The summed E-state index contributed by atoms with van der Waals surface area (Å²) in [6, 6.07) is 11.7. The van der Waals surface area contributed by atoms with E-state index in [2.05, 4.69) is 20.4 Å². The number of anilines is 5. The number of aromatic nitrogens is 3. The van der Waals surface area contributed by atoms with E-state index in [9.17, 15) is 9.90 Å². The summed E-state index contributed by atoms with van der Waals surface area (Å²) in [6.07, 6.45) is 7.02. The molecule has 3 N–H and O–H groups in total. The largest absolute Gasteiger partial charge is 0.507 e. The second kappa shape index (κ2) is 11.0. The number of halogens is 1. The highest BCUT2D eigenvalue weighted by atomic mass is 35.5. The van der Waals surface area contributed by atoms with Gasteiger partial charge in [-0.05, 0) is 74.9 Å². The normalized spacial score (nSPS) is 16.0. The summed E-state index contributed by atoms with van der Waals surface area (Å²) in [6.45, 7) is 3.79. The first-order chi connectivity index (χ1) is 17.5. The van der Waals surface area contributed by atoms with E-state index in [-0.39, 0.29) is 11.3 Å². The lowest BCUT2D eigenvalue weighted by molar-refractivity contribution is 0.102. The number of hydrogen-bond acceptors (Lipinski definition) is 8. The number of hydrogen-bond donors (Lipinski definition) is 3. The van der Waals surface area contributed by atoms with Crippen LogP contribution in [-0.4, -0.2) is 52.1 Å². The van der Waals surface area contributed by atoms with Crippen LogP contribution in [0.25, 0.3) is 0 Å². The zero-order chi connectivity index (χ0) is 24.9. The fourth-order valence-electron chi connectivity index (χ4n) is 4.58. The van der Waals surface area contributed by atoms with Gasteiger partial charge in [0.25, 0.3) is 5.91 Å². The molecule has 188 valence electrons. The topological polar surface area (TPSA) is 107 Å². The second-order valence-corrected chi connectivity index (χ2v) is 9.61. The van der Waals surface area contributed by atoms with Crippen molar-refractivity contribution in [1.82, 2.24) is 15.0 Å². The number of carbonyl (C=O) groups excluding carboxylic acids is 1. The van der Waals surface area contributed by atoms with E-state index >= 15 is 0 Å². The molecule has 5 rings (SSSR count). The zero-order valence-corrected chi connectivity index (χ0v) is 20.8. The molecule has 0 radical (unpaired) electrons. The van der Waals surface area contributed by atoms with Gasteiger partial charge in [0.15, 0.2) is 0 Å². The lowest BCUT2D eigenvalue weighted by Gasteiger charge is -2.30. The number of nitrogens with zero attached hydrogens (tertiary/aromatic N) is 5. The lowest BCUT2D eigenvalue weighted by Crippen LogP contribution is -2.34. The number of aromatic hydroxyl groups is 1. The molecule has 2 fully saturated rings. The van der Waals surface area contributed by atoms with Crippen molar-refractivity contribution in [3.8, 4) is 5.75 Å². The first-order valence-corrected chi connectivity index (χ1v) is 12.9. The maximum atomic E-state index is 12.7. The monoisotopic (exact) mass is 507 g/mol. The summed E-state index contributed by atoms with van der Waals surface area (Å²) in [7, 11) is 0. The third-order valence-electron chi connectivity index (χ3n) is 6.47. The Hall–Kier alpha value is -3.59. The van der Waals surface area contributed by atoms with Gasteiger partial charge < -0.3 is 25.5 Å². The molecule has 3 aromatic rings. The minimum absolute atomic E-state index is 0.146. The van der Waals surface area contributed by atoms with Crippen LogP contribution in [0.2, 0.25) is 5.02 Å². The fraction of sp³-hybridized carbons (Fsp3) is 0.385. The van der Waals surface area contributed by atoms with E-state index < -0.39 is 5.91 Å². The summed E-state index contributed by atoms with van der Waals surface area (Å²) in [4.78, 5) is 31.5. The molecule has 3 heterocycles. The van der Waals surface area contributed by atoms with Crippen LogP contribution >= 0.6 is 11.6 Å². The van der Waals surface area contributed by atoms with E-state index in [0.29, 0.717) is 28.6 Å². The van der Waals surface area contributed by atoms with Crippen molar-refractivity contribution >= 4 is 46.7 Å². The van der Waals surface area contributed by atoms with Gasteiger partial charge in [-0.1, -0.05) is 17.7 Å². The van der Waals surface area contributed by atoms with Gasteiger partial charge in [0.2, 0.25) is 17.8 Å². The summed E-state index contributed by atoms with van der Waals surface area (Å²) >= 11 is 5.88. The van der Waals surface area contributed by atoms with Crippen LogP contribution < -0.4 is 20.4 Å². The Morgan fingerprint density at radius 1 is 0.806 bits per heavy atom. The van der Waals surface area contributed by atoms with Gasteiger partial charge in [0, 0.05) is 42.6 Å². The Labute approximate surface area is 215 Å². The predicted molar refractivity (Wildman–Crippen MR) is 143 cm³/mol. The molecule has 0 spiro atoms. The minimum atomic E-state index is -0.429. The maximum absolute atomic E-state index is 12.7. The molecule has 2 saturated heterocycles. The molecule has 2 aromatic carbocycles. The summed E-state index contributed by atoms with van der Waals surface area (Å²) in [5.74, 6) is 1.28. The van der Waals surface area contributed by atoms with Crippen LogP contribution in [0.1, 0.15) is 48.9 Å². The number of phenolic OH excluding ortho intramolecular Hbond substituents is 1. The van der Waals surface area contributed by atoms with Crippen molar-refractivity contribution in [2.24, 2.45) is 0 Å². The predicted octanol–water partition coefficient (Wildman–Crippen LogP) is 5.21. The van der Waals surface area contributed by atoms with Crippen LogP contribution in [0.5, 0.6) is 5.75 Å². The number of piperidine rings is 2. The number of phenols is 1. The number of benzene rings is 2. The Balaban J connectivity index is 1.37.